The minimum Gasteiger partial charge on any atom is -0.330 e. The Morgan fingerprint density at radius 1 is 1.32 bits per heavy atom. The highest BCUT2D eigenvalue weighted by atomic mass is 32.1. The van der Waals surface area contributed by atoms with E-state index in [2.05, 4.69) is 16.2 Å². The van der Waals surface area contributed by atoms with E-state index < -0.39 is 0 Å². The number of benzene rings is 1. The van der Waals surface area contributed by atoms with Gasteiger partial charge in [-0.1, -0.05) is 0 Å². The number of carbonyl (C=O) groups is 3. The SMILES string of the molecule is CN1C(=O)CN(CC(=O)Nc2ccc(NNC=O)cc2)C1=S. The third-order valence-corrected chi connectivity index (χ3v) is 3.57. The summed E-state index contributed by atoms with van der Waals surface area (Å²) in [5.41, 5.74) is 6.24. The molecule has 0 aliphatic carbocycles. The molecule has 22 heavy (non-hydrogen) atoms. The van der Waals surface area contributed by atoms with Gasteiger partial charge in [0.25, 0.3) is 0 Å². The number of nitrogens with zero attached hydrogens (tertiary/aromatic N) is 2. The molecule has 0 atom stereocenters. The van der Waals surface area contributed by atoms with Crippen LogP contribution in [0.25, 0.3) is 0 Å². The van der Waals surface area contributed by atoms with Crippen LogP contribution in [0.15, 0.2) is 24.3 Å². The van der Waals surface area contributed by atoms with Crippen molar-refractivity contribution in [3.05, 3.63) is 24.3 Å². The second-order valence-electron chi connectivity index (χ2n) is 4.60. The summed E-state index contributed by atoms with van der Waals surface area (Å²) in [6, 6.07) is 6.77. The van der Waals surface area contributed by atoms with Crippen molar-refractivity contribution in [2.24, 2.45) is 0 Å². The van der Waals surface area contributed by atoms with Crippen molar-refractivity contribution in [1.82, 2.24) is 15.2 Å². The average molecular weight is 321 g/mol. The lowest BCUT2D eigenvalue weighted by Crippen LogP contribution is -2.36. The minimum atomic E-state index is -0.267. The number of hydrogen-bond donors (Lipinski definition) is 3. The lowest BCUT2D eigenvalue weighted by Gasteiger charge is -2.17. The molecule has 116 valence electrons. The van der Waals surface area contributed by atoms with E-state index in [1.165, 1.54) is 9.80 Å². The van der Waals surface area contributed by atoms with Gasteiger partial charge in [-0.3, -0.25) is 30.1 Å². The quantitative estimate of drug-likeness (QED) is 0.380. The third-order valence-electron chi connectivity index (χ3n) is 3.04. The van der Waals surface area contributed by atoms with Gasteiger partial charge in [-0.15, -0.1) is 0 Å². The summed E-state index contributed by atoms with van der Waals surface area (Å²) < 4.78 is 0. The van der Waals surface area contributed by atoms with Crippen LogP contribution in [0.5, 0.6) is 0 Å². The molecule has 3 amide bonds. The molecule has 1 aromatic rings. The molecule has 0 aromatic heterocycles. The second-order valence-corrected chi connectivity index (χ2v) is 4.97. The predicted octanol–water partition coefficient (Wildman–Crippen LogP) is -0.243. The number of hydrogen-bond acceptors (Lipinski definition) is 5. The molecule has 3 N–H and O–H groups in total. The van der Waals surface area contributed by atoms with Crippen LogP contribution in [0.4, 0.5) is 11.4 Å². The Labute approximate surface area is 132 Å². The van der Waals surface area contributed by atoms with Crippen molar-refractivity contribution >= 4 is 46.9 Å². The lowest BCUT2D eigenvalue weighted by atomic mass is 10.3. The Morgan fingerprint density at radius 3 is 2.50 bits per heavy atom. The Morgan fingerprint density at radius 2 is 1.95 bits per heavy atom. The van der Waals surface area contributed by atoms with Crippen molar-refractivity contribution in [2.75, 3.05) is 30.9 Å². The van der Waals surface area contributed by atoms with Crippen LogP contribution in [-0.2, 0) is 14.4 Å². The first kappa shape index (κ1) is 15.7. The highest BCUT2D eigenvalue weighted by molar-refractivity contribution is 7.80. The summed E-state index contributed by atoms with van der Waals surface area (Å²) in [5.74, 6) is -0.395. The van der Waals surface area contributed by atoms with Crippen molar-refractivity contribution in [3.8, 4) is 0 Å². The number of likely N-dealkylation sites (N-methyl/N-ethyl adjacent to an activating group) is 1. The van der Waals surface area contributed by atoms with E-state index in [0.717, 1.165) is 0 Å². The molecule has 1 saturated heterocycles. The van der Waals surface area contributed by atoms with Gasteiger partial charge in [0.15, 0.2) is 5.11 Å². The van der Waals surface area contributed by atoms with Gasteiger partial charge in [-0.05, 0) is 36.5 Å². The summed E-state index contributed by atoms with van der Waals surface area (Å²) in [5, 5.41) is 3.06. The van der Waals surface area contributed by atoms with Crippen LogP contribution in [0.1, 0.15) is 0 Å². The Hall–Kier alpha value is -2.68. The highest BCUT2D eigenvalue weighted by Crippen LogP contribution is 2.13. The van der Waals surface area contributed by atoms with Crippen LogP contribution >= 0.6 is 12.2 Å². The largest absolute Gasteiger partial charge is 0.330 e. The van der Waals surface area contributed by atoms with Crippen LogP contribution in [0.2, 0.25) is 0 Å². The molecule has 9 heteroatoms. The monoisotopic (exact) mass is 321 g/mol. The summed E-state index contributed by atoms with van der Waals surface area (Å²) in [6.07, 6.45) is 0.521. The normalized spacial score (nSPS) is 14.0. The van der Waals surface area contributed by atoms with E-state index in [9.17, 15) is 14.4 Å². The Balaban J connectivity index is 1.88. The molecular weight excluding hydrogens is 306 g/mol. The van der Waals surface area contributed by atoms with E-state index in [4.69, 9.17) is 12.2 Å². The first-order valence-corrected chi connectivity index (χ1v) is 6.82. The standard InChI is InChI=1S/C13H15N5O3S/c1-17-12(21)7-18(13(17)22)6-11(20)15-9-2-4-10(5-3-9)16-14-8-19/h2-5,8,16H,6-7H2,1H3,(H,14,19)(H,15,20). The molecule has 0 saturated carbocycles. The third kappa shape index (κ3) is 3.70. The summed E-state index contributed by atoms with van der Waals surface area (Å²) in [7, 11) is 1.58. The van der Waals surface area contributed by atoms with Gasteiger partial charge >= 0.3 is 0 Å². The second kappa shape index (κ2) is 6.85. The van der Waals surface area contributed by atoms with Crippen LogP contribution in [0, 0.1) is 0 Å². The zero-order valence-electron chi connectivity index (χ0n) is 11.8. The molecule has 2 rings (SSSR count). The fraction of sp³-hybridized carbons (Fsp3) is 0.231. The van der Waals surface area contributed by atoms with Gasteiger partial charge < -0.3 is 10.2 Å². The maximum Gasteiger partial charge on any atom is 0.248 e. The summed E-state index contributed by atoms with van der Waals surface area (Å²) >= 11 is 5.09. The maximum absolute atomic E-state index is 12.0. The number of hydrazine groups is 1. The van der Waals surface area contributed by atoms with E-state index in [1.807, 2.05) is 0 Å². The predicted molar refractivity (Wildman–Crippen MR) is 84.8 cm³/mol. The molecule has 1 fully saturated rings. The number of rotatable bonds is 6. The molecule has 0 spiro atoms. The smallest absolute Gasteiger partial charge is 0.248 e. The molecule has 1 heterocycles. The Kier molecular flexibility index (Phi) is 4.89. The zero-order chi connectivity index (χ0) is 16.1. The molecular formula is C13H15N5O3S. The molecule has 1 aliphatic rings. The number of thiocarbonyl (C=S) groups is 1. The Bertz CT molecular complexity index is 604. The van der Waals surface area contributed by atoms with Gasteiger partial charge in [0, 0.05) is 12.7 Å². The van der Waals surface area contributed by atoms with E-state index in [0.29, 0.717) is 22.9 Å². The maximum atomic E-state index is 12.0. The summed E-state index contributed by atoms with van der Waals surface area (Å²) in [4.78, 5) is 36.5. The van der Waals surface area contributed by atoms with Gasteiger partial charge in [-0.2, -0.15) is 0 Å². The number of anilines is 2. The number of amides is 3. The molecule has 8 nitrogen and oxygen atoms in total. The van der Waals surface area contributed by atoms with Gasteiger partial charge in [0.2, 0.25) is 18.2 Å². The summed E-state index contributed by atoms with van der Waals surface area (Å²) in [6.45, 7) is 0.130. The van der Waals surface area contributed by atoms with Crippen molar-refractivity contribution in [3.63, 3.8) is 0 Å². The van der Waals surface area contributed by atoms with E-state index in [1.54, 1.807) is 31.3 Å². The molecule has 1 aliphatic heterocycles. The van der Waals surface area contributed by atoms with Gasteiger partial charge in [-0.25, -0.2) is 0 Å². The average Bonchev–Trinajstić information content (AvgIpc) is 2.74. The van der Waals surface area contributed by atoms with Crippen molar-refractivity contribution < 1.29 is 14.4 Å². The molecule has 0 bridgehead atoms. The lowest BCUT2D eigenvalue weighted by molar-refractivity contribution is -0.124. The fourth-order valence-corrected chi connectivity index (χ4v) is 2.13. The first-order valence-electron chi connectivity index (χ1n) is 6.42. The zero-order valence-corrected chi connectivity index (χ0v) is 12.6. The van der Waals surface area contributed by atoms with E-state index in [-0.39, 0.29) is 24.9 Å². The first-order chi connectivity index (χ1) is 10.5. The van der Waals surface area contributed by atoms with E-state index >= 15 is 0 Å². The van der Waals surface area contributed by atoms with Crippen LogP contribution in [0.3, 0.4) is 0 Å². The van der Waals surface area contributed by atoms with Crippen molar-refractivity contribution in [2.45, 2.75) is 0 Å². The molecule has 0 radical (unpaired) electrons. The minimum absolute atomic E-state index is 0.0155. The number of carbonyl (C=O) groups excluding carboxylic acids is 3. The fourth-order valence-electron chi connectivity index (χ4n) is 1.90. The van der Waals surface area contributed by atoms with Crippen LogP contribution < -0.4 is 16.2 Å². The molecule has 1 aromatic carbocycles. The highest BCUT2D eigenvalue weighted by Gasteiger charge is 2.30. The van der Waals surface area contributed by atoms with Crippen LogP contribution in [-0.4, -0.2) is 53.3 Å². The number of nitrogens with one attached hydrogen (secondary N) is 3. The van der Waals surface area contributed by atoms with Gasteiger partial charge in [0.1, 0.15) is 6.54 Å². The molecule has 0 unspecified atom stereocenters. The van der Waals surface area contributed by atoms with Crippen molar-refractivity contribution in [1.29, 1.82) is 0 Å². The van der Waals surface area contributed by atoms with Gasteiger partial charge in [0.05, 0.1) is 12.2 Å². The topological polar surface area (TPSA) is 93.8 Å².